The predicted octanol–water partition coefficient (Wildman–Crippen LogP) is 5.20. The standard InChI is InChI=1S/C30H36N2O4/c1-35-18-8-17-32(21-25-12-7-16-31-15-5-4-13-27(25)31)29(33)24-11-6-10-22(19-24)26-20-23-9-2-3-14-28(23)36-30(26)34/h2-3,6,9-11,14,19-20,25,27H,4-5,7-8,12-13,15-18,21H2,1H3/t25-,27+/m0/s1. The highest BCUT2D eigenvalue weighted by molar-refractivity contribution is 5.95. The molecule has 1 amide bonds. The molecule has 0 unspecified atom stereocenters. The maximum Gasteiger partial charge on any atom is 0.344 e. The fraction of sp³-hybridized carbons (Fsp3) is 0.467. The number of nitrogens with zero attached hydrogens (tertiary/aromatic N) is 2. The van der Waals surface area contributed by atoms with Gasteiger partial charge in [0.1, 0.15) is 5.58 Å². The first-order valence-corrected chi connectivity index (χ1v) is 13.3. The Morgan fingerprint density at radius 3 is 2.81 bits per heavy atom. The Morgan fingerprint density at radius 1 is 1.06 bits per heavy atom. The molecular weight excluding hydrogens is 452 g/mol. The van der Waals surface area contributed by atoms with E-state index in [9.17, 15) is 9.59 Å². The Balaban J connectivity index is 1.40. The van der Waals surface area contributed by atoms with Crippen molar-refractivity contribution in [3.8, 4) is 11.1 Å². The monoisotopic (exact) mass is 488 g/mol. The van der Waals surface area contributed by atoms with Crippen molar-refractivity contribution in [2.45, 2.75) is 44.6 Å². The molecule has 2 atom stereocenters. The molecule has 2 aromatic carbocycles. The second-order valence-corrected chi connectivity index (χ2v) is 10.2. The molecule has 1 aromatic heterocycles. The minimum Gasteiger partial charge on any atom is -0.422 e. The normalized spacial score (nSPS) is 20.2. The van der Waals surface area contributed by atoms with Gasteiger partial charge in [-0.3, -0.25) is 4.79 Å². The van der Waals surface area contributed by atoms with Crippen LogP contribution in [0.15, 0.2) is 63.8 Å². The Morgan fingerprint density at radius 2 is 1.92 bits per heavy atom. The summed E-state index contributed by atoms with van der Waals surface area (Å²) in [6, 6.07) is 17.3. The van der Waals surface area contributed by atoms with E-state index in [2.05, 4.69) is 4.90 Å². The summed E-state index contributed by atoms with van der Waals surface area (Å²) in [5, 5.41) is 0.861. The summed E-state index contributed by atoms with van der Waals surface area (Å²) in [5.74, 6) is 0.521. The van der Waals surface area contributed by atoms with Crippen LogP contribution in [0.3, 0.4) is 0 Å². The van der Waals surface area contributed by atoms with Gasteiger partial charge in [-0.05, 0) is 80.9 Å². The number of ether oxygens (including phenoxy) is 1. The molecule has 2 aliphatic rings. The van der Waals surface area contributed by atoms with E-state index in [4.69, 9.17) is 9.15 Å². The summed E-state index contributed by atoms with van der Waals surface area (Å²) in [5.41, 5.74) is 1.95. The Labute approximate surface area is 212 Å². The van der Waals surface area contributed by atoms with E-state index in [-0.39, 0.29) is 5.91 Å². The van der Waals surface area contributed by atoms with Gasteiger partial charge < -0.3 is 19.0 Å². The Hall–Kier alpha value is -2.96. The van der Waals surface area contributed by atoms with E-state index in [0.717, 1.165) is 18.4 Å². The van der Waals surface area contributed by atoms with Gasteiger partial charge in [0.05, 0.1) is 5.56 Å². The number of amides is 1. The van der Waals surface area contributed by atoms with Crippen LogP contribution < -0.4 is 5.63 Å². The number of carbonyl (C=O) groups excluding carboxylic acids is 1. The molecule has 3 heterocycles. The summed E-state index contributed by atoms with van der Waals surface area (Å²) in [6.07, 6.45) is 6.98. The maximum absolute atomic E-state index is 13.8. The van der Waals surface area contributed by atoms with Crippen molar-refractivity contribution in [3.05, 3.63) is 70.6 Å². The Bertz CT molecular complexity index is 1250. The average molecular weight is 489 g/mol. The molecule has 0 spiro atoms. The highest BCUT2D eigenvalue weighted by Crippen LogP contribution is 2.32. The quantitative estimate of drug-likeness (QED) is 0.322. The van der Waals surface area contributed by atoms with Crippen molar-refractivity contribution < 1.29 is 13.9 Å². The third kappa shape index (κ3) is 5.40. The summed E-state index contributed by atoms with van der Waals surface area (Å²) in [4.78, 5) is 31.2. The van der Waals surface area contributed by atoms with Crippen molar-refractivity contribution in [3.63, 3.8) is 0 Å². The largest absolute Gasteiger partial charge is 0.422 e. The topological polar surface area (TPSA) is 63.0 Å². The number of rotatable bonds is 8. The molecule has 0 aliphatic carbocycles. The number of benzene rings is 2. The minimum absolute atomic E-state index is 0.0195. The molecule has 2 aliphatic heterocycles. The second-order valence-electron chi connectivity index (χ2n) is 10.2. The zero-order valence-electron chi connectivity index (χ0n) is 21.2. The molecule has 2 fully saturated rings. The zero-order chi connectivity index (χ0) is 24.9. The van der Waals surface area contributed by atoms with Crippen molar-refractivity contribution in [1.29, 1.82) is 0 Å². The molecule has 6 heteroatoms. The van der Waals surface area contributed by atoms with Crippen LogP contribution in [0.4, 0.5) is 0 Å². The van der Waals surface area contributed by atoms with E-state index in [1.54, 1.807) is 13.2 Å². The number of piperidine rings is 2. The van der Waals surface area contributed by atoms with Gasteiger partial charge in [0.25, 0.3) is 5.91 Å². The van der Waals surface area contributed by atoms with Gasteiger partial charge in [-0.25, -0.2) is 4.79 Å². The number of hydrogen-bond acceptors (Lipinski definition) is 5. The van der Waals surface area contributed by atoms with Crippen LogP contribution in [0.25, 0.3) is 22.1 Å². The average Bonchev–Trinajstić information content (AvgIpc) is 2.92. The summed E-state index contributed by atoms with van der Waals surface area (Å²) >= 11 is 0. The lowest BCUT2D eigenvalue weighted by atomic mass is 9.83. The minimum atomic E-state index is -0.394. The van der Waals surface area contributed by atoms with Crippen LogP contribution in [-0.2, 0) is 4.74 Å². The lowest BCUT2D eigenvalue weighted by molar-refractivity contribution is 0.0347. The molecule has 190 valence electrons. The van der Waals surface area contributed by atoms with Gasteiger partial charge in [0, 0.05) is 43.8 Å². The van der Waals surface area contributed by atoms with E-state index in [1.165, 1.54) is 45.2 Å². The van der Waals surface area contributed by atoms with Gasteiger partial charge in [-0.1, -0.05) is 36.8 Å². The van der Waals surface area contributed by atoms with Crippen molar-refractivity contribution >= 4 is 16.9 Å². The first-order valence-electron chi connectivity index (χ1n) is 13.3. The third-order valence-corrected chi connectivity index (χ3v) is 7.81. The number of methoxy groups -OCH3 is 1. The molecule has 0 saturated carbocycles. The smallest absolute Gasteiger partial charge is 0.344 e. The van der Waals surface area contributed by atoms with Crippen molar-refractivity contribution in [2.24, 2.45) is 5.92 Å². The van der Waals surface area contributed by atoms with Crippen molar-refractivity contribution in [2.75, 3.05) is 39.9 Å². The highest BCUT2D eigenvalue weighted by atomic mass is 16.5. The van der Waals surface area contributed by atoms with Gasteiger partial charge in [0.2, 0.25) is 0 Å². The fourth-order valence-electron chi connectivity index (χ4n) is 6.01. The van der Waals surface area contributed by atoms with Crippen LogP contribution in [-0.4, -0.2) is 61.6 Å². The van der Waals surface area contributed by atoms with E-state index in [0.29, 0.717) is 47.4 Å². The number of hydrogen-bond donors (Lipinski definition) is 0. The molecule has 2 saturated heterocycles. The summed E-state index contributed by atoms with van der Waals surface area (Å²) < 4.78 is 10.8. The Kier molecular flexibility index (Phi) is 7.83. The lowest BCUT2D eigenvalue weighted by Gasteiger charge is -2.45. The lowest BCUT2D eigenvalue weighted by Crippen LogP contribution is -2.51. The SMILES string of the molecule is COCCCN(C[C@@H]1CCCN2CCCC[C@H]12)C(=O)c1cccc(-c2cc3ccccc3oc2=O)c1. The molecule has 6 nitrogen and oxygen atoms in total. The molecule has 0 N–H and O–H groups in total. The molecule has 36 heavy (non-hydrogen) atoms. The molecular formula is C30H36N2O4. The van der Waals surface area contributed by atoms with Gasteiger partial charge in [-0.15, -0.1) is 0 Å². The van der Waals surface area contributed by atoms with Crippen LogP contribution in [0.2, 0.25) is 0 Å². The summed E-state index contributed by atoms with van der Waals surface area (Å²) in [7, 11) is 1.70. The van der Waals surface area contributed by atoms with Gasteiger partial charge >= 0.3 is 5.63 Å². The van der Waals surface area contributed by atoms with Crippen LogP contribution in [0, 0.1) is 5.92 Å². The number of carbonyl (C=O) groups is 1. The molecule has 0 bridgehead atoms. The number of fused-ring (bicyclic) bond motifs is 2. The van der Waals surface area contributed by atoms with E-state index >= 15 is 0 Å². The van der Waals surface area contributed by atoms with E-state index in [1.807, 2.05) is 53.4 Å². The fourth-order valence-corrected chi connectivity index (χ4v) is 6.01. The maximum atomic E-state index is 13.8. The van der Waals surface area contributed by atoms with Gasteiger partial charge in [-0.2, -0.15) is 0 Å². The van der Waals surface area contributed by atoms with Crippen molar-refractivity contribution in [1.82, 2.24) is 9.80 Å². The highest BCUT2D eigenvalue weighted by Gasteiger charge is 2.34. The first kappa shape index (κ1) is 24.7. The molecule has 3 aromatic rings. The zero-order valence-corrected chi connectivity index (χ0v) is 21.2. The number of para-hydroxylation sites is 1. The predicted molar refractivity (Wildman–Crippen MR) is 142 cm³/mol. The second kappa shape index (κ2) is 11.4. The third-order valence-electron chi connectivity index (χ3n) is 7.81. The van der Waals surface area contributed by atoms with Crippen LogP contribution in [0.5, 0.6) is 0 Å². The summed E-state index contributed by atoms with van der Waals surface area (Å²) in [6.45, 7) is 4.44. The first-order chi connectivity index (χ1) is 17.6. The van der Waals surface area contributed by atoms with Crippen LogP contribution >= 0.6 is 0 Å². The molecule has 0 radical (unpaired) electrons. The van der Waals surface area contributed by atoms with E-state index < -0.39 is 5.63 Å². The van der Waals surface area contributed by atoms with Gasteiger partial charge in [0.15, 0.2) is 0 Å². The molecule has 5 rings (SSSR count). The van der Waals surface area contributed by atoms with Crippen LogP contribution in [0.1, 0.15) is 48.9 Å².